The topological polar surface area (TPSA) is 98.3 Å². The number of nitrogens with zero attached hydrogens (tertiary/aromatic N) is 3. The molecule has 0 amide bonds. The summed E-state index contributed by atoms with van der Waals surface area (Å²) in [5, 5.41) is 12.6. The molecule has 0 fully saturated rings. The van der Waals surface area contributed by atoms with Crippen LogP contribution in [-0.4, -0.2) is 38.5 Å². The van der Waals surface area contributed by atoms with Crippen LogP contribution in [0.2, 0.25) is 5.02 Å². The highest BCUT2D eigenvalue weighted by Crippen LogP contribution is 2.32. The van der Waals surface area contributed by atoms with Crippen LogP contribution in [0.25, 0.3) is 22.8 Å². The molecule has 164 valence electrons. The standard InChI is InChI=1S/C20H17ClF3N3O4/c1-10-7-12(4-6-16(28)29)3-5-14(10)17-26-18(31-27-17)13-8-15(21)19(25-9-13)30-11(2)20(22,23)24/h3,5,7-9,11H,4,6H2,1-2H3,(H,28,29). The largest absolute Gasteiger partial charge is 0.481 e. The lowest BCUT2D eigenvalue weighted by Gasteiger charge is -2.17. The Bertz CT molecular complexity index is 1100. The number of alkyl halides is 3. The number of halogens is 4. The molecule has 11 heteroatoms. The Kier molecular flexibility index (Phi) is 6.49. The number of hydrogen-bond acceptors (Lipinski definition) is 6. The minimum atomic E-state index is -4.55. The van der Waals surface area contributed by atoms with Gasteiger partial charge in [-0.05, 0) is 37.5 Å². The molecule has 1 unspecified atom stereocenters. The van der Waals surface area contributed by atoms with Crippen LogP contribution < -0.4 is 4.74 Å². The Morgan fingerprint density at radius 1 is 1.32 bits per heavy atom. The second-order valence-corrected chi connectivity index (χ2v) is 7.19. The minimum Gasteiger partial charge on any atom is -0.481 e. The van der Waals surface area contributed by atoms with E-state index in [1.807, 2.05) is 13.0 Å². The van der Waals surface area contributed by atoms with Crippen LogP contribution in [0.4, 0.5) is 13.2 Å². The number of rotatable bonds is 7. The van der Waals surface area contributed by atoms with Crippen LogP contribution in [0, 0.1) is 6.92 Å². The van der Waals surface area contributed by atoms with Gasteiger partial charge in [0, 0.05) is 18.2 Å². The zero-order chi connectivity index (χ0) is 22.8. The van der Waals surface area contributed by atoms with Gasteiger partial charge in [-0.2, -0.15) is 18.2 Å². The molecule has 1 atom stereocenters. The van der Waals surface area contributed by atoms with Crippen LogP contribution >= 0.6 is 11.6 Å². The van der Waals surface area contributed by atoms with E-state index in [0.29, 0.717) is 23.4 Å². The van der Waals surface area contributed by atoms with E-state index in [2.05, 4.69) is 15.1 Å². The zero-order valence-electron chi connectivity index (χ0n) is 16.4. The number of carboxylic acids is 1. The number of carbonyl (C=O) groups is 1. The first-order chi connectivity index (χ1) is 14.5. The predicted molar refractivity (Wildman–Crippen MR) is 105 cm³/mol. The van der Waals surface area contributed by atoms with Gasteiger partial charge < -0.3 is 14.4 Å². The molecule has 0 bridgehead atoms. The van der Waals surface area contributed by atoms with Gasteiger partial charge >= 0.3 is 12.1 Å². The van der Waals surface area contributed by atoms with E-state index >= 15 is 0 Å². The van der Waals surface area contributed by atoms with Crippen molar-refractivity contribution in [1.82, 2.24) is 15.1 Å². The SMILES string of the molecule is Cc1cc(CCC(=O)O)ccc1-c1noc(-c2cnc(OC(C)C(F)(F)F)c(Cl)c2)n1. The molecule has 0 radical (unpaired) electrons. The van der Waals surface area contributed by atoms with Crippen molar-refractivity contribution in [1.29, 1.82) is 0 Å². The molecule has 0 aliphatic heterocycles. The fraction of sp³-hybridized carbons (Fsp3) is 0.300. The van der Waals surface area contributed by atoms with E-state index in [1.165, 1.54) is 12.3 Å². The van der Waals surface area contributed by atoms with E-state index in [1.54, 1.807) is 12.1 Å². The normalized spacial score (nSPS) is 12.6. The maximum atomic E-state index is 12.7. The number of hydrogen-bond donors (Lipinski definition) is 1. The Balaban J connectivity index is 1.79. The van der Waals surface area contributed by atoms with Gasteiger partial charge in [-0.3, -0.25) is 4.79 Å². The molecule has 0 aliphatic carbocycles. The van der Waals surface area contributed by atoms with Gasteiger partial charge in [0.2, 0.25) is 11.7 Å². The van der Waals surface area contributed by atoms with Gasteiger partial charge in [-0.25, -0.2) is 4.98 Å². The summed E-state index contributed by atoms with van der Waals surface area (Å²) in [5.41, 5.74) is 2.70. The highest BCUT2D eigenvalue weighted by atomic mass is 35.5. The first-order valence-electron chi connectivity index (χ1n) is 9.09. The summed E-state index contributed by atoms with van der Waals surface area (Å²) in [6.45, 7) is 2.69. The Morgan fingerprint density at radius 3 is 2.68 bits per heavy atom. The average Bonchev–Trinajstić information content (AvgIpc) is 3.17. The van der Waals surface area contributed by atoms with Gasteiger partial charge in [0.1, 0.15) is 5.02 Å². The van der Waals surface area contributed by atoms with Crippen molar-refractivity contribution < 1.29 is 32.3 Å². The fourth-order valence-electron chi connectivity index (χ4n) is 2.70. The highest BCUT2D eigenvalue weighted by molar-refractivity contribution is 6.32. The summed E-state index contributed by atoms with van der Waals surface area (Å²) in [7, 11) is 0. The number of benzene rings is 1. The Morgan fingerprint density at radius 2 is 2.06 bits per heavy atom. The van der Waals surface area contributed by atoms with Crippen molar-refractivity contribution in [2.24, 2.45) is 0 Å². The van der Waals surface area contributed by atoms with E-state index in [4.69, 9.17) is 26.0 Å². The summed E-state index contributed by atoms with van der Waals surface area (Å²) in [6, 6.07) is 6.72. The second kappa shape index (κ2) is 8.93. The smallest absolute Gasteiger partial charge is 0.425 e. The van der Waals surface area contributed by atoms with Gasteiger partial charge in [-0.1, -0.05) is 35.0 Å². The van der Waals surface area contributed by atoms with Crippen LogP contribution in [0.3, 0.4) is 0 Å². The molecule has 2 heterocycles. The minimum absolute atomic E-state index is 0.0281. The van der Waals surface area contributed by atoms with Crippen LogP contribution in [-0.2, 0) is 11.2 Å². The molecule has 0 aliphatic rings. The monoisotopic (exact) mass is 455 g/mol. The van der Waals surface area contributed by atoms with Crippen molar-refractivity contribution in [3.8, 4) is 28.7 Å². The first-order valence-corrected chi connectivity index (χ1v) is 9.47. The maximum absolute atomic E-state index is 12.7. The first kappa shape index (κ1) is 22.5. The number of aliphatic carboxylic acids is 1. The number of aryl methyl sites for hydroxylation is 2. The van der Waals surface area contributed by atoms with Crippen molar-refractivity contribution >= 4 is 17.6 Å². The lowest BCUT2D eigenvalue weighted by atomic mass is 10.0. The van der Waals surface area contributed by atoms with Crippen LogP contribution in [0.5, 0.6) is 5.88 Å². The number of ether oxygens (including phenoxy) is 1. The van der Waals surface area contributed by atoms with Gasteiger partial charge in [0.15, 0.2) is 6.10 Å². The van der Waals surface area contributed by atoms with Gasteiger partial charge in [-0.15, -0.1) is 0 Å². The Labute approximate surface area is 179 Å². The molecule has 31 heavy (non-hydrogen) atoms. The summed E-state index contributed by atoms with van der Waals surface area (Å²) < 4.78 is 48.0. The average molecular weight is 456 g/mol. The molecule has 2 aromatic heterocycles. The van der Waals surface area contributed by atoms with Crippen LogP contribution in [0.1, 0.15) is 24.5 Å². The van der Waals surface area contributed by atoms with E-state index in [9.17, 15) is 18.0 Å². The molecule has 0 saturated carbocycles. The summed E-state index contributed by atoms with van der Waals surface area (Å²) >= 11 is 6.01. The molecular weight excluding hydrogens is 439 g/mol. The number of aromatic nitrogens is 3. The molecule has 3 rings (SSSR count). The quantitative estimate of drug-likeness (QED) is 0.528. The second-order valence-electron chi connectivity index (χ2n) is 6.78. The summed E-state index contributed by atoms with van der Waals surface area (Å²) in [5.74, 6) is -0.863. The highest BCUT2D eigenvalue weighted by Gasteiger charge is 2.38. The van der Waals surface area contributed by atoms with Gasteiger partial charge in [0.05, 0.1) is 5.56 Å². The lowest BCUT2D eigenvalue weighted by Crippen LogP contribution is -2.31. The molecule has 0 spiro atoms. The van der Waals surface area contributed by atoms with Crippen molar-refractivity contribution in [3.63, 3.8) is 0 Å². The zero-order valence-corrected chi connectivity index (χ0v) is 17.2. The molecule has 0 saturated heterocycles. The van der Waals surface area contributed by atoms with E-state index < -0.39 is 18.2 Å². The van der Waals surface area contributed by atoms with Crippen molar-refractivity contribution in [3.05, 3.63) is 46.6 Å². The lowest BCUT2D eigenvalue weighted by molar-refractivity contribution is -0.189. The third-order valence-electron chi connectivity index (χ3n) is 4.39. The number of pyridine rings is 1. The van der Waals surface area contributed by atoms with E-state index in [-0.39, 0.29) is 23.2 Å². The predicted octanol–water partition coefficient (Wildman–Crippen LogP) is 5.11. The summed E-state index contributed by atoms with van der Waals surface area (Å²) in [6.07, 6.45) is -4.96. The van der Waals surface area contributed by atoms with Gasteiger partial charge in [0.25, 0.3) is 5.89 Å². The maximum Gasteiger partial charge on any atom is 0.425 e. The number of carboxylic acid groups (broad SMARTS) is 1. The third kappa shape index (κ3) is 5.52. The van der Waals surface area contributed by atoms with Crippen molar-refractivity contribution in [2.45, 2.75) is 39.0 Å². The molecule has 3 aromatic rings. The van der Waals surface area contributed by atoms with E-state index in [0.717, 1.165) is 18.1 Å². The molecule has 7 nitrogen and oxygen atoms in total. The third-order valence-corrected chi connectivity index (χ3v) is 4.66. The molecule has 1 aromatic carbocycles. The Hall–Kier alpha value is -3.14. The fourth-order valence-corrected chi connectivity index (χ4v) is 2.91. The van der Waals surface area contributed by atoms with Crippen LogP contribution in [0.15, 0.2) is 35.0 Å². The van der Waals surface area contributed by atoms with Crippen molar-refractivity contribution in [2.75, 3.05) is 0 Å². The summed E-state index contributed by atoms with van der Waals surface area (Å²) in [4.78, 5) is 18.8. The molecule has 1 N–H and O–H groups in total. The molecular formula is C20H17ClF3N3O4.